The fraction of sp³-hybridized carbons (Fsp3) is 0.240. The number of halogens is 1. The monoisotopic (exact) mass is 509 g/mol. The lowest BCUT2D eigenvalue weighted by atomic mass is 10.0. The zero-order valence-electron chi connectivity index (χ0n) is 17.9. The van der Waals surface area contributed by atoms with Gasteiger partial charge in [0.1, 0.15) is 17.8 Å². The minimum absolute atomic E-state index is 0.133. The first-order chi connectivity index (χ1) is 16.1. The summed E-state index contributed by atoms with van der Waals surface area (Å²) in [5.74, 6) is -0.293. The summed E-state index contributed by atoms with van der Waals surface area (Å²) in [7, 11) is 0. The fourth-order valence-corrected chi connectivity index (χ4v) is 4.04. The lowest BCUT2D eigenvalue weighted by Crippen LogP contribution is -2.42. The summed E-state index contributed by atoms with van der Waals surface area (Å²) in [6.45, 7) is 0.551. The molecule has 0 spiro atoms. The van der Waals surface area contributed by atoms with Crippen LogP contribution in [0.5, 0.6) is 0 Å². The van der Waals surface area contributed by atoms with E-state index in [1.165, 1.54) is 4.90 Å². The van der Waals surface area contributed by atoms with Crippen LogP contribution in [0.2, 0.25) is 0 Å². The Kier molecular flexibility index (Phi) is 7.57. The van der Waals surface area contributed by atoms with E-state index in [1.807, 2.05) is 72.8 Å². The molecular formula is C25H24BrN3O4. The topological polar surface area (TPSA) is 80.2 Å². The molecule has 0 saturated heterocycles. The van der Waals surface area contributed by atoms with Crippen molar-refractivity contribution < 1.29 is 19.2 Å². The Balaban J connectivity index is 1.44. The summed E-state index contributed by atoms with van der Waals surface area (Å²) in [5.41, 5.74) is 1.82. The third-order valence-corrected chi connectivity index (χ3v) is 5.73. The number of hydrogen-bond donors (Lipinski definition) is 1. The highest BCUT2D eigenvalue weighted by Crippen LogP contribution is 2.20. The highest BCUT2D eigenvalue weighted by molar-refractivity contribution is 9.18. The van der Waals surface area contributed by atoms with Crippen LogP contribution in [0, 0.1) is 0 Å². The SMILES string of the molecule is O=C(CN(Cc1cccc2ccccc12)C(=O)OCc1ccccc1)NCC1CC(Br)=NO1. The van der Waals surface area contributed by atoms with Crippen molar-refractivity contribution in [2.24, 2.45) is 5.16 Å². The molecule has 1 aliphatic heterocycles. The van der Waals surface area contributed by atoms with Crippen LogP contribution in [-0.2, 0) is 27.5 Å². The molecular weight excluding hydrogens is 486 g/mol. The van der Waals surface area contributed by atoms with Gasteiger partial charge in [0.15, 0.2) is 6.10 Å². The number of amides is 2. The third kappa shape index (κ3) is 6.32. The molecule has 1 heterocycles. The maximum absolute atomic E-state index is 13.0. The molecule has 2 amide bonds. The van der Waals surface area contributed by atoms with Crippen LogP contribution >= 0.6 is 15.9 Å². The Morgan fingerprint density at radius 3 is 2.61 bits per heavy atom. The van der Waals surface area contributed by atoms with Gasteiger partial charge in [-0.15, -0.1) is 0 Å². The number of oxime groups is 1. The maximum atomic E-state index is 13.0. The molecule has 1 N–H and O–H groups in total. The Morgan fingerprint density at radius 2 is 1.82 bits per heavy atom. The third-order valence-electron chi connectivity index (χ3n) is 5.26. The van der Waals surface area contributed by atoms with Gasteiger partial charge in [-0.05, 0) is 37.8 Å². The van der Waals surface area contributed by atoms with Crippen LogP contribution in [-0.4, -0.2) is 40.7 Å². The standard InChI is InChI=1S/C25H24BrN3O4/c26-23-13-21(33-28-23)14-27-24(30)16-29(25(31)32-17-18-7-2-1-3-8-18)15-20-11-6-10-19-9-4-5-12-22(19)20/h1-12,21H,13-17H2,(H,27,30). The van der Waals surface area contributed by atoms with Gasteiger partial charge in [0, 0.05) is 6.42 Å². The van der Waals surface area contributed by atoms with E-state index in [4.69, 9.17) is 9.57 Å². The summed E-state index contributed by atoms with van der Waals surface area (Å²) in [6.07, 6.45) is -0.177. The molecule has 0 aliphatic carbocycles. The Labute approximate surface area is 200 Å². The molecule has 3 aromatic rings. The largest absolute Gasteiger partial charge is 0.445 e. The molecule has 4 rings (SSSR count). The first kappa shape index (κ1) is 22.8. The molecule has 8 heteroatoms. The molecule has 33 heavy (non-hydrogen) atoms. The van der Waals surface area contributed by atoms with Crippen molar-refractivity contribution in [2.45, 2.75) is 25.7 Å². The van der Waals surface area contributed by atoms with Crippen LogP contribution in [0.3, 0.4) is 0 Å². The molecule has 1 atom stereocenters. The molecule has 170 valence electrons. The number of hydrogen-bond acceptors (Lipinski definition) is 5. The number of rotatable bonds is 8. The van der Waals surface area contributed by atoms with Crippen LogP contribution in [0.4, 0.5) is 4.79 Å². The van der Waals surface area contributed by atoms with E-state index in [0.717, 1.165) is 21.9 Å². The quantitative estimate of drug-likeness (QED) is 0.481. The van der Waals surface area contributed by atoms with Crippen molar-refractivity contribution in [3.05, 3.63) is 83.9 Å². The lowest BCUT2D eigenvalue weighted by Gasteiger charge is -2.23. The summed E-state index contributed by atoms with van der Waals surface area (Å²) >= 11 is 3.28. The lowest BCUT2D eigenvalue weighted by molar-refractivity contribution is -0.122. The van der Waals surface area contributed by atoms with Gasteiger partial charge in [0.2, 0.25) is 5.91 Å². The van der Waals surface area contributed by atoms with Gasteiger partial charge < -0.3 is 14.9 Å². The molecule has 0 radical (unpaired) electrons. The maximum Gasteiger partial charge on any atom is 0.410 e. The highest BCUT2D eigenvalue weighted by atomic mass is 79.9. The molecule has 0 fully saturated rings. The Hall–Kier alpha value is -3.39. The van der Waals surface area contributed by atoms with E-state index < -0.39 is 6.09 Å². The van der Waals surface area contributed by atoms with Crippen molar-refractivity contribution in [1.29, 1.82) is 0 Å². The number of fused-ring (bicyclic) bond motifs is 1. The van der Waals surface area contributed by atoms with Gasteiger partial charge in [-0.1, -0.05) is 78.0 Å². The van der Waals surface area contributed by atoms with Crippen LogP contribution < -0.4 is 5.32 Å². The summed E-state index contributed by atoms with van der Waals surface area (Å²) < 4.78 is 6.24. The van der Waals surface area contributed by atoms with E-state index in [9.17, 15) is 9.59 Å². The Bertz CT molecular complexity index is 1150. The van der Waals surface area contributed by atoms with E-state index in [1.54, 1.807) is 0 Å². The van der Waals surface area contributed by atoms with E-state index >= 15 is 0 Å². The second kappa shape index (κ2) is 11.0. The van der Waals surface area contributed by atoms with Crippen molar-refractivity contribution in [3.8, 4) is 0 Å². The first-order valence-corrected chi connectivity index (χ1v) is 11.4. The highest BCUT2D eigenvalue weighted by Gasteiger charge is 2.23. The van der Waals surface area contributed by atoms with E-state index in [-0.39, 0.29) is 31.7 Å². The van der Waals surface area contributed by atoms with Crippen molar-refractivity contribution in [2.75, 3.05) is 13.1 Å². The molecule has 1 unspecified atom stereocenters. The van der Waals surface area contributed by atoms with Gasteiger partial charge in [0.25, 0.3) is 0 Å². The van der Waals surface area contributed by atoms with Crippen molar-refractivity contribution >= 4 is 43.3 Å². The minimum atomic E-state index is -0.551. The van der Waals surface area contributed by atoms with Crippen LogP contribution in [0.15, 0.2) is 78.0 Å². The fourth-order valence-electron chi connectivity index (χ4n) is 3.59. The number of carbonyl (C=O) groups is 2. The predicted molar refractivity (Wildman–Crippen MR) is 130 cm³/mol. The summed E-state index contributed by atoms with van der Waals surface area (Å²) in [6, 6.07) is 23.3. The van der Waals surface area contributed by atoms with Gasteiger partial charge in [0.05, 0.1) is 13.1 Å². The van der Waals surface area contributed by atoms with Crippen molar-refractivity contribution in [3.63, 3.8) is 0 Å². The first-order valence-electron chi connectivity index (χ1n) is 10.7. The number of benzene rings is 3. The normalized spacial score (nSPS) is 14.9. The minimum Gasteiger partial charge on any atom is -0.445 e. The smallest absolute Gasteiger partial charge is 0.410 e. The zero-order chi connectivity index (χ0) is 23.0. The molecule has 1 aliphatic rings. The van der Waals surface area contributed by atoms with Gasteiger partial charge in [-0.2, -0.15) is 0 Å². The number of ether oxygens (including phenoxy) is 1. The second-order valence-electron chi connectivity index (χ2n) is 7.74. The van der Waals surface area contributed by atoms with Gasteiger partial charge in [-0.25, -0.2) is 4.79 Å². The molecule has 0 bridgehead atoms. The summed E-state index contributed by atoms with van der Waals surface area (Å²) in [4.78, 5) is 32.3. The molecule has 7 nitrogen and oxygen atoms in total. The molecule has 0 saturated carbocycles. The number of carbonyl (C=O) groups excluding carboxylic acids is 2. The number of nitrogens with one attached hydrogen (secondary N) is 1. The summed E-state index contributed by atoms with van der Waals surface area (Å²) in [5, 5.41) is 8.74. The average molecular weight is 510 g/mol. The second-order valence-corrected chi connectivity index (χ2v) is 8.65. The van der Waals surface area contributed by atoms with Gasteiger partial charge >= 0.3 is 6.09 Å². The van der Waals surface area contributed by atoms with E-state index in [0.29, 0.717) is 17.6 Å². The van der Waals surface area contributed by atoms with Gasteiger partial charge in [-0.3, -0.25) is 9.69 Å². The van der Waals surface area contributed by atoms with Crippen LogP contribution in [0.1, 0.15) is 17.5 Å². The van der Waals surface area contributed by atoms with Crippen LogP contribution in [0.25, 0.3) is 10.8 Å². The van der Waals surface area contributed by atoms with Crippen molar-refractivity contribution in [1.82, 2.24) is 10.2 Å². The Morgan fingerprint density at radius 1 is 1.06 bits per heavy atom. The zero-order valence-corrected chi connectivity index (χ0v) is 19.5. The predicted octanol–water partition coefficient (Wildman–Crippen LogP) is 4.59. The molecule has 3 aromatic carbocycles. The molecule has 0 aromatic heterocycles. The van der Waals surface area contributed by atoms with E-state index in [2.05, 4.69) is 26.4 Å². The average Bonchev–Trinajstić information content (AvgIpc) is 3.26. The number of nitrogens with zero attached hydrogens (tertiary/aromatic N) is 2.